The van der Waals surface area contributed by atoms with E-state index in [1.807, 2.05) is 59.3 Å². The summed E-state index contributed by atoms with van der Waals surface area (Å²) in [5, 5.41) is 2.94. The zero-order valence-electron chi connectivity index (χ0n) is 19.4. The van der Waals surface area contributed by atoms with Crippen LogP contribution in [0.1, 0.15) is 35.3 Å². The molecule has 2 aromatic carbocycles. The van der Waals surface area contributed by atoms with Gasteiger partial charge in [0.2, 0.25) is 5.91 Å². The number of carbonyl (C=O) groups excluding carboxylic acids is 2. The summed E-state index contributed by atoms with van der Waals surface area (Å²) in [7, 11) is 1.58. The van der Waals surface area contributed by atoms with Gasteiger partial charge in [-0.2, -0.15) is 0 Å². The van der Waals surface area contributed by atoms with Crippen molar-refractivity contribution in [3.8, 4) is 5.75 Å². The summed E-state index contributed by atoms with van der Waals surface area (Å²) in [5.74, 6) is 1.24. The number of imidazole rings is 1. The van der Waals surface area contributed by atoms with Gasteiger partial charge in [-0.05, 0) is 67.4 Å². The van der Waals surface area contributed by atoms with Gasteiger partial charge in [-0.15, -0.1) is 11.8 Å². The zero-order chi connectivity index (χ0) is 24.2. The predicted octanol–water partition coefficient (Wildman–Crippen LogP) is 5.40. The number of carbonyl (C=O) groups is 2. The van der Waals surface area contributed by atoms with Crippen LogP contribution in [0.15, 0.2) is 78.0 Å². The van der Waals surface area contributed by atoms with Gasteiger partial charge in [0.1, 0.15) is 11.4 Å². The van der Waals surface area contributed by atoms with Crippen LogP contribution in [0, 0.1) is 0 Å². The topological polar surface area (TPSA) is 75.9 Å². The van der Waals surface area contributed by atoms with Gasteiger partial charge in [0.15, 0.2) is 0 Å². The Morgan fingerprint density at radius 3 is 2.74 bits per heavy atom. The van der Waals surface area contributed by atoms with E-state index in [2.05, 4.69) is 10.3 Å². The van der Waals surface area contributed by atoms with Crippen molar-refractivity contribution in [1.29, 1.82) is 0 Å². The third kappa shape index (κ3) is 5.17. The SMILES string of the molecule is COc1ccc(NC(=O)c2ccc(SCc3cn4ccccc4n3)cc2)cc1N1CCCCC1=O. The number of nitrogens with one attached hydrogen (secondary N) is 1. The molecular weight excluding hydrogens is 460 g/mol. The molecule has 5 rings (SSSR count). The average Bonchev–Trinajstić information content (AvgIpc) is 3.31. The molecule has 1 aliphatic rings. The molecule has 4 aromatic rings. The Hall–Kier alpha value is -3.78. The summed E-state index contributed by atoms with van der Waals surface area (Å²) in [4.78, 5) is 32.7. The Balaban J connectivity index is 1.24. The van der Waals surface area contributed by atoms with Crippen molar-refractivity contribution in [3.63, 3.8) is 0 Å². The maximum Gasteiger partial charge on any atom is 0.255 e. The van der Waals surface area contributed by atoms with E-state index in [4.69, 9.17) is 4.74 Å². The van der Waals surface area contributed by atoms with Gasteiger partial charge >= 0.3 is 0 Å². The summed E-state index contributed by atoms with van der Waals surface area (Å²) >= 11 is 1.68. The molecule has 178 valence electrons. The number of fused-ring (bicyclic) bond motifs is 1. The highest BCUT2D eigenvalue weighted by Gasteiger charge is 2.23. The summed E-state index contributed by atoms with van der Waals surface area (Å²) in [6.45, 7) is 0.653. The number of rotatable bonds is 7. The quantitative estimate of drug-likeness (QED) is 0.354. The molecule has 1 N–H and O–H groups in total. The van der Waals surface area contributed by atoms with Gasteiger partial charge in [-0.25, -0.2) is 4.98 Å². The fourth-order valence-electron chi connectivity index (χ4n) is 4.16. The molecule has 2 amide bonds. The van der Waals surface area contributed by atoms with Gasteiger partial charge in [0, 0.05) is 47.3 Å². The van der Waals surface area contributed by atoms with Crippen LogP contribution in [-0.4, -0.2) is 34.9 Å². The molecule has 1 saturated heterocycles. The van der Waals surface area contributed by atoms with E-state index in [9.17, 15) is 9.59 Å². The lowest BCUT2D eigenvalue weighted by molar-refractivity contribution is -0.119. The Morgan fingerprint density at radius 1 is 1.11 bits per heavy atom. The molecule has 0 unspecified atom stereocenters. The standard InChI is InChI=1S/C27H26N4O3S/c1-34-24-13-10-20(16-23(24)31-15-5-3-7-26(31)32)29-27(33)19-8-11-22(12-9-19)35-18-21-17-30-14-4-2-6-25(30)28-21/h2,4,6,8-14,16-17H,3,5,7,15,18H2,1H3,(H,29,33). The second-order valence-electron chi connectivity index (χ2n) is 8.35. The second-order valence-corrected chi connectivity index (χ2v) is 9.40. The summed E-state index contributed by atoms with van der Waals surface area (Å²) in [6, 6.07) is 18.8. The molecule has 8 heteroatoms. The zero-order valence-corrected chi connectivity index (χ0v) is 20.3. The minimum absolute atomic E-state index is 0.0785. The number of methoxy groups -OCH3 is 1. The normalized spacial score (nSPS) is 13.7. The van der Waals surface area contributed by atoms with Crippen LogP contribution in [0.5, 0.6) is 5.75 Å². The lowest BCUT2D eigenvalue weighted by Gasteiger charge is -2.28. The molecular formula is C27H26N4O3S. The van der Waals surface area contributed by atoms with Crippen molar-refractivity contribution in [2.75, 3.05) is 23.9 Å². The van der Waals surface area contributed by atoms with Crippen molar-refractivity contribution >= 4 is 40.6 Å². The molecule has 0 spiro atoms. The first kappa shape index (κ1) is 23.0. The monoisotopic (exact) mass is 486 g/mol. The lowest BCUT2D eigenvalue weighted by Crippen LogP contribution is -2.35. The fourth-order valence-corrected chi connectivity index (χ4v) is 4.94. The van der Waals surface area contributed by atoms with Crippen LogP contribution in [0.2, 0.25) is 0 Å². The number of thioether (sulfide) groups is 1. The number of piperidine rings is 1. The van der Waals surface area contributed by atoms with Gasteiger partial charge in [-0.1, -0.05) is 6.07 Å². The van der Waals surface area contributed by atoms with Crippen molar-refractivity contribution in [2.24, 2.45) is 0 Å². The van der Waals surface area contributed by atoms with E-state index in [1.54, 1.807) is 42.0 Å². The van der Waals surface area contributed by atoms with Gasteiger partial charge in [0.25, 0.3) is 5.91 Å². The number of benzene rings is 2. The van der Waals surface area contributed by atoms with E-state index in [0.717, 1.165) is 34.8 Å². The third-order valence-electron chi connectivity index (χ3n) is 5.97. The average molecular weight is 487 g/mol. The minimum Gasteiger partial charge on any atom is -0.495 e. The molecule has 1 fully saturated rings. The molecule has 0 bridgehead atoms. The largest absolute Gasteiger partial charge is 0.495 e. The third-order valence-corrected chi connectivity index (χ3v) is 7.01. The van der Waals surface area contributed by atoms with Crippen LogP contribution in [0.3, 0.4) is 0 Å². The van der Waals surface area contributed by atoms with Crippen molar-refractivity contribution in [2.45, 2.75) is 29.9 Å². The minimum atomic E-state index is -0.206. The van der Waals surface area contributed by atoms with Gasteiger partial charge < -0.3 is 19.4 Å². The van der Waals surface area contributed by atoms with Gasteiger partial charge in [-0.3, -0.25) is 9.59 Å². The van der Waals surface area contributed by atoms with Crippen LogP contribution in [-0.2, 0) is 10.5 Å². The number of pyridine rings is 1. The first-order chi connectivity index (χ1) is 17.1. The first-order valence-corrected chi connectivity index (χ1v) is 12.5. The van der Waals surface area contributed by atoms with Crippen LogP contribution in [0.25, 0.3) is 5.65 Å². The van der Waals surface area contributed by atoms with E-state index < -0.39 is 0 Å². The molecule has 35 heavy (non-hydrogen) atoms. The Kier molecular flexibility index (Phi) is 6.72. The number of amides is 2. The molecule has 7 nitrogen and oxygen atoms in total. The van der Waals surface area contributed by atoms with Crippen molar-refractivity contribution in [3.05, 3.63) is 84.3 Å². The lowest BCUT2D eigenvalue weighted by atomic mass is 10.1. The molecule has 0 radical (unpaired) electrons. The highest BCUT2D eigenvalue weighted by molar-refractivity contribution is 7.98. The molecule has 3 heterocycles. The Bertz CT molecular complexity index is 1330. The molecule has 1 aliphatic heterocycles. The van der Waals surface area contributed by atoms with E-state index in [-0.39, 0.29) is 11.8 Å². The van der Waals surface area contributed by atoms with Crippen LogP contribution < -0.4 is 15.0 Å². The summed E-state index contributed by atoms with van der Waals surface area (Å²) in [5.41, 5.74) is 3.81. The molecule has 0 saturated carbocycles. The highest BCUT2D eigenvalue weighted by atomic mass is 32.2. The molecule has 0 aliphatic carbocycles. The number of ether oxygens (including phenoxy) is 1. The summed E-state index contributed by atoms with van der Waals surface area (Å²) in [6.07, 6.45) is 6.40. The van der Waals surface area contributed by atoms with E-state index in [0.29, 0.717) is 35.7 Å². The van der Waals surface area contributed by atoms with Gasteiger partial charge in [0.05, 0.1) is 18.5 Å². The van der Waals surface area contributed by atoms with Crippen LogP contribution >= 0.6 is 11.8 Å². The fraction of sp³-hybridized carbons (Fsp3) is 0.222. The second kappa shape index (κ2) is 10.2. The van der Waals surface area contributed by atoms with Crippen molar-refractivity contribution in [1.82, 2.24) is 9.38 Å². The molecule has 2 aromatic heterocycles. The van der Waals surface area contributed by atoms with Crippen molar-refractivity contribution < 1.29 is 14.3 Å². The Labute approximate surface area is 208 Å². The molecule has 0 atom stereocenters. The van der Waals surface area contributed by atoms with Crippen LogP contribution in [0.4, 0.5) is 11.4 Å². The first-order valence-electron chi connectivity index (χ1n) is 11.6. The number of hydrogen-bond donors (Lipinski definition) is 1. The maximum absolute atomic E-state index is 12.9. The number of hydrogen-bond acceptors (Lipinski definition) is 5. The predicted molar refractivity (Wildman–Crippen MR) is 138 cm³/mol. The Morgan fingerprint density at radius 2 is 1.97 bits per heavy atom. The van der Waals surface area contributed by atoms with E-state index >= 15 is 0 Å². The number of nitrogens with zero attached hydrogens (tertiary/aromatic N) is 3. The number of anilines is 2. The highest BCUT2D eigenvalue weighted by Crippen LogP contribution is 2.34. The summed E-state index contributed by atoms with van der Waals surface area (Å²) < 4.78 is 7.47. The number of aromatic nitrogens is 2. The maximum atomic E-state index is 12.9. The van der Waals surface area contributed by atoms with E-state index in [1.165, 1.54) is 0 Å². The smallest absolute Gasteiger partial charge is 0.255 e.